The first kappa shape index (κ1) is 10.5. The molecule has 0 bridgehead atoms. The summed E-state index contributed by atoms with van der Waals surface area (Å²) in [6, 6.07) is 0. The van der Waals surface area contributed by atoms with E-state index in [0.29, 0.717) is 13.0 Å². The third-order valence-electron chi connectivity index (χ3n) is 2.02. The third-order valence-corrected chi connectivity index (χ3v) is 2.02. The van der Waals surface area contributed by atoms with E-state index in [1.54, 1.807) is 0 Å². The number of hydrogen-bond donors (Lipinski definition) is 0. The second-order valence-electron chi connectivity index (χ2n) is 2.96. The van der Waals surface area contributed by atoms with Gasteiger partial charge in [0.05, 0.1) is 0 Å². The van der Waals surface area contributed by atoms with Crippen LogP contribution in [0.25, 0.3) is 0 Å². The van der Waals surface area contributed by atoms with Crippen molar-refractivity contribution in [1.29, 1.82) is 0 Å². The van der Waals surface area contributed by atoms with Gasteiger partial charge in [-0.1, -0.05) is 13.2 Å². The average Bonchev–Trinajstić information content (AvgIpc) is 2.60. The molecule has 4 nitrogen and oxygen atoms in total. The predicted octanol–water partition coefficient (Wildman–Crippen LogP) is 0.850. The molecule has 0 saturated carbocycles. The summed E-state index contributed by atoms with van der Waals surface area (Å²) in [5.41, 5.74) is 0. The van der Waals surface area contributed by atoms with Crippen LogP contribution in [0.15, 0.2) is 25.3 Å². The Morgan fingerprint density at radius 1 is 1.57 bits per heavy atom. The van der Waals surface area contributed by atoms with Crippen molar-refractivity contribution in [2.75, 3.05) is 6.54 Å². The topological polar surface area (TPSA) is 46.6 Å². The molecule has 1 aliphatic heterocycles. The fraction of sp³-hybridized carbons (Fsp3) is 0.400. The summed E-state index contributed by atoms with van der Waals surface area (Å²) < 4.78 is 4.93. The fourth-order valence-electron chi connectivity index (χ4n) is 1.34. The second-order valence-corrected chi connectivity index (χ2v) is 2.96. The molecule has 1 unspecified atom stereocenters. The zero-order valence-corrected chi connectivity index (χ0v) is 7.94. The maximum Gasteiger partial charge on any atom is 0.332 e. The smallest absolute Gasteiger partial charge is 0.332 e. The molecule has 0 aromatic heterocycles. The van der Waals surface area contributed by atoms with Crippen LogP contribution in [-0.4, -0.2) is 29.5 Å². The van der Waals surface area contributed by atoms with Crippen molar-refractivity contribution in [2.24, 2.45) is 0 Å². The molecule has 1 aliphatic rings. The van der Waals surface area contributed by atoms with Crippen molar-refractivity contribution in [1.82, 2.24) is 4.90 Å². The minimum atomic E-state index is -0.657. The molecule has 76 valence electrons. The van der Waals surface area contributed by atoms with Crippen molar-refractivity contribution >= 4 is 11.9 Å². The van der Waals surface area contributed by atoms with Crippen LogP contribution in [-0.2, 0) is 14.3 Å². The molecule has 0 spiro atoms. The van der Waals surface area contributed by atoms with Crippen LogP contribution in [0.5, 0.6) is 0 Å². The van der Waals surface area contributed by atoms with Crippen molar-refractivity contribution < 1.29 is 14.3 Å². The third kappa shape index (κ3) is 2.22. The van der Waals surface area contributed by atoms with E-state index in [-0.39, 0.29) is 5.91 Å². The summed E-state index contributed by atoms with van der Waals surface area (Å²) in [5.74, 6) is -0.554. The number of ether oxygens (including phenoxy) is 1. The molecule has 1 atom stereocenters. The quantitative estimate of drug-likeness (QED) is 0.379. The summed E-state index contributed by atoms with van der Waals surface area (Å²) in [4.78, 5) is 23.7. The number of hydrogen-bond acceptors (Lipinski definition) is 3. The number of nitrogens with zero attached hydrogens (tertiary/aromatic N) is 1. The largest absolute Gasteiger partial charge is 0.435 e. The molecule has 1 rings (SSSR count). The summed E-state index contributed by atoms with van der Waals surface area (Å²) in [6.07, 6.45) is 3.16. The highest BCUT2D eigenvalue weighted by Crippen LogP contribution is 2.15. The van der Waals surface area contributed by atoms with E-state index < -0.39 is 12.2 Å². The highest BCUT2D eigenvalue weighted by atomic mass is 16.6. The van der Waals surface area contributed by atoms with Gasteiger partial charge in [-0.25, -0.2) is 4.79 Å². The van der Waals surface area contributed by atoms with E-state index in [4.69, 9.17) is 4.74 Å². The van der Waals surface area contributed by atoms with Crippen LogP contribution in [0, 0.1) is 0 Å². The van der Waals surface area contributed by atoms with Gasteiger partial charge in [0.1, 0.15) is 0 Å². The zero-order valence-electron chi connectivity index (χ0n) is 7.94. The van der Waals surface area contributed by atoms with E-state index in [1.165, 1.54) is 11.0 Å². The Bertz CT molecular complexity index is 273. The lowest BCUT2D eigenvalue weighted by molar-refractivity contribution is -0.153. The summed E-state index contributed by atoms with van der Waals surface area (Å²) in [6.45, 7) is 7.41. The molecule has 0 aliphatic carbocycles. The molecule has 0 aromatic rings. The SMILES string of the molecule is C=CC(=O)OC(C=C)N1CCCC1=O. The van der Waals surface area contributed by atoms with E-state index in [2.05, 4.69) is 13.2 Å². The van der Waals surface area contributed by atoms with Crippen LogP contribution in [0.2, 0.25) is 0 Å². The van der Waals surface area contributed by atoms with Gasteiger partial charge in [0.15, 0.2) is 6.23 Å². The normalized spacial score (nSPS) is 17.7. The lowest BCUT2D eigenvalue weighted by Crippen LogP contribution is -2.37. The number of carbonyl (C=O) groups excluding carboxylic acids is 2. The first-order valence-electron chi connectivity index (χ1n) is 4.44. The Morgan fingerprint density at radius 2 is 2.29 bits per heavy atom. The van der Waals surface area contributed by atoms with Crippen molar-refractivity contribution in [2.45, 2.75) is 19.1 Å². The van der Waals surface area contributed by atoms with E-state index in [9.17, 15) is 9.59 Å². The molecule has 14 heavy (non-hydrogen) atoms. The van der Waals surface area contributed by atoms with Gasteiger partial charge in [-0.15, -0.1) is 0 Å². The highest BCUT2D eigenvalue weighted by Gasteiger charge is 2.27. The maximum absolute atomic E-state index is 11.3. The fourth-order valence-corrected chi connectivity index (χ4v) is 1.34. The molecule has 1 amide bonds. The molecular formula is C10H13NO3. The molecule has 0 N–H and O–H groups in total. The summed E-state index contributed by atoms with van der Waals surface area (Å²) in [7, 11) is 0. The van der Waals surface area contributed by atoms with Crippen LogP contribution in [0.1, 0.15) is 12.8 Å². The molecule has 0 aromatic carbocycles. The Kier molecular flexibility index (Phi) is 3.45. The molecule has 1 fully saturated rings. The van der Waals surface area contributed by atoms with Crippen LogP contribution >= 0.6 is 0 Å². The monoisotopic (exact) mass is 195 g/mol. The summed E-state index contributed by atoms with van der Waals surface area (Å²) in [5, 5.41) is 0. The highest BCUT2D eigenvalue weighted by molar-refractivity contribution is 5.82. The van der Waals surface area contributed by atoms with Gasteiger partial charge < -0.3 is 9.64 Å². The standard InChI is InChI=1S/C10H13NO3/c1-3-9(14-10(13)4-2)11-7-5-6-8(11)12/h3-4,9H,1-2,5-7H2. The van der Waals surface area contributed by atoms with Gasteiger partial charge in [-0.3, -0.25) is 4.79 Å². The first-order valence-corrected chi connectivity index (χ1v) is 4.44. The first-order chi connectivity index (χ1) is 6.69. The molecule has 4 heteroatoms. The predicted molar refractivity (Wildman–Crippen MR) is 51.2 cm³/mol. The maximum atomic E-state index is 11.3. The Morgan fingerprint density at radius 3 is 2.71 bits per heavy atom. The molecular weight excluding hydrogens is 182 g/mol. The van der Waals surface area contributed by atoms with Gasteiger partial charge in [0.25, 0.3) is 0 Å². The van der Waals surface area contributed by atoms with Crippen LogP contribution in [0.4, 0.5) is 0 Å². The van der Waals surface area contributed by atoms with Gasteiger partial charge in [0, 0.05) is 19.0 Å². The Balaban J connectivity index is 2.61. The minimum absolute atomic E-state index is 0.00763. The average molecular weight is 195 g/mol. The Labute approximate surface area is 82.8 Å². The molecule has 1 saturated heterocycles. The zero-order chi connectivity index (χ0) is 10.6. The number of esters is 1. The molecule has 0 radical (unpaired) electrons. The number of carbonyl (C=O) groups is 2. The van der Waals surface area contributed by atoms with Gasteiger partial charge in [0.2, 0.25) is 5.91 Å². The minimum Gasteiger partial charge on any atom is -0.435 e. The lowest BCUT2D eigenvalue weighted by atomic mass is 10.4. The number of likely N-dealkylation sites (tertiary alicyclic amines) is 1. The number of rotatable bonds is 4. The van der Waals surface area contributed by atoms with E-state index in [0.717, 1.165) is 12.5 Å². The summed E-state index contributed by atoms with van der Waals surface area (Å²) >= 11 is 0. The van der Waals surface area contributed by atoms with Gasteiger partial charge in [-0.2, -0.15) is 0 Å². The van der Waals surface area contributed by atoms with Crippen LogP contribution < -0.4 is 0 Å². The van der Waals surface area contributed by atoms with Gasteiger partial charge >= 0.3 is 5.97 Å². The number of amides is 1. The van der Waals surface area contributed by atoms with Crippen LogP contribution in [0.3, 0.4) is 0 Å². The Hall–Kier alpha value is -1.58. The van der Waals surface area contributed by atoms with Gasteiger partial charge in [-0.05, 0) is 12.5 Å². The van der Waals surface area contributed by atoms with E-state index >= 15 is 0 Å². The lowest BCUT2D eigenvalue weighted by Gasteiger charge is -2.23. The van der Waals surface area contributed by atoms with Crippen molar-refractivity contribution in [3.05, 3.63) is 25.3 Å². The molecule has 1 heterocycles. The van der Waals surface area contributed by atoms with E-state index in [1.807, 2.05) is 0 Å². The van der Waals surface area contributed by atoms with Crippen molar-refractivity contribution in [3.63, 3.8) is 0 Å². The van der Waals surface area contributed by atoms with Crippen molar-refractivity contribution in [3.8, 4) is 0 Å². The second kappa shape index (κ2) is 4.60.